The van der Waals surface area contributed by atoms with Crippen molar-refractivity contribution in [3.63, 3.8) is 0 Å². The Labute approximate surface area is 341 Å². The Morgan fingerprint density at radius 2 is 0.862 bits per heavy atom. The second kappa shape index (κ2) is 20.9. The Morgan fingerprint density at radius 1 is 0.534 bits per heavy atom. The highest BCUT2D eigenvalue weighted by molar-refractivity contribution is 7.89. The molecule has 4 aromatic carbocycles. The number of ether oxygens (including phenoxy) is 2. The van der Waals surface area contributed by atoms with Crippen LogP contribution in [-0.2, 0) is 52.2 Å². The summed E-state index contributed by atoms with van der Waals surface area (Å²) in [5.74, 6) is -1.16. The fraction of sp³-hybridized carbons (Fsp3) is 0.381. The number of aliphatic hydroxyl groups excluding tert-OH is 2. The van der Waals surface area contributed by atoms with Gasteiger partial charge >= 0.3 is 11.9 Å². The van der Waals surface area contributed by atoms with Gasteiger partial charge in [-0.05, 0) is 49.2 Å². The summed E-state index contributed by atoms with van der Waals surface area (Å²) >= 11 is 0. The minimum Gasteiger partial charge on any atom is -0.465 e. The number of esters is 2. The number of piperazine rings is 2. The molecule has 16 heteroatoms. The van der Waals surface area contributed by atoms with Crippen LogP contribution in [0.2, 0.25) is 0 Å². The number of benzene rings is 4. The molecule has 6 rings (SSSR count). The summed E-state index contributed by atoms with van der Waals surface area (Å²) in [6, 6.07) is 32.7. The molecule has 0 amide bonds. The second-order valence-corrected chi connectivity index (χ2v) is 17.7. The number of sulfonamides is 2. The van der Waals surface area contributed by atoms with Gasteiger partial charge in [-0.25, -0.2) is 16.8 Å². The van der Waals surface area contributed by atoms with E-state index in [9.17, 15) is 36.6 Å². The fourth-order valence-corrected chi connectivity index (χ4v) is 10.1. The topological polar surface area (TPSA) is 174 Å². The SMILES string of the molecule is CCOC(=O)[C@H]1CN(S(=O)(=O)c2ccccc2)C[C@@H](C(=O)OCC)N1Cc1ccccc1.O=S(=O)(c1ccccc1)N1C[C@@H](CO)N(Cc2ccccc2)[C@@H](CO)C1. The average molecular weight is 837 g/mol. The van der Waals surface area contributed by atoms with Crippen molar-refractivity contribution < 1.29 is 46.1 Å². The highest BCUT2D eigenvalue weighted by atomic mass is 32.2. The maximum absolute atomic E-state index is 13.3. The summed E-state index contributed by atoms with van der Waals surface area (Å²) < 4.78 is 65.5. The number of aliphatic hydroxyl groups is 2. The van der Waals surface area contributed by atoms with E-state index in [1.165, 1.54) is 20.7 Å². The standard InChI is InChI=1S/C23H28N2O6S.C19H24N2O4S/c1-3-30-22(26)20-16-24(32(28,29)19-13-9-6-10-14-19)17-21(23(27)31-4-2)25(20)15-18-11-7-5-8-12-18;22-14-17-12-20(26(24,25)19-9-5-2-6-10-19)13-18(15-23)21(17)11-16-7-3-1-4-8-16/h5-14,20-21H,3-4,15-17H2,1-2H3;1-10,17-18,22-23H,11-15H2/t20-,21+;17-,18+. The molecule has 0 aliphatic carbocycles. The molecular formula is C42H52N4O10S2. The van der Waals surface area contributed by atoms with E-state index in [2.05, 4.69) is 0 Å². The van der Waals surface area contributed by atoms with E-state index in [1.54, 1.807) is 67.3 Å². The molecule has 2 N–H and O–H groups in total. The third-order valence-electron chi connectivity index (χ3n) is 10.0. The zero-order valence-electron chi connectivity index (χ0n) is 32.7. The van der Waals surface area contributed by atoms with Gasteiger partial charge in [0.1, 0.15) is 12.1 Å². The Bertz CT molecular complexity index is 2070. The van der Waals surface area contributed by atoms with Crippen molar-refractivity contribution in [2.24, 2.45) is 0 Å². The van der Waals surface area contributed by atoms with E-state index in [0.29, 0.717) is 6.54 Å². The van der Waals surface area contributed by atoms with Crippen molar-refractivity contribution in [2.45, 2.75) is 60.9 Å². The van der Waals surface area contributed by atoms with Gasteiger partial charge in [0.05, 0.1) is 36.2 Å². The van der Waals surface area contributed by atoms with Crippen LogP contribution in [0.15, 0.2) is 131 Å². The molecule has 58 heavy (non-hydrogen) atoms. The lowest BCUT2D eigenvalue weighted by molar-refractivity contribution is -0.161. The molecule has 4 aromatic rings. The molecule has 0 aromatic heterocycles. The molecule has 0 unspecified atom stereocenters. The van der Waals surface area contributed by atoms with Crippen LogP contribution in [0.25, 0.3) is 0 Å². The van der Waals surface area contributed by atoms with Crippen molar-refractivity contribution in [3.05, 3.63) is 132 Å². The van der Waals surface area contributed by atoms with Gasteiger partial charge in [0.2, 0.25) is 20.0 Å². The van der Waals surface area contributed by atoms with Crippen LogP contribution in [0.4, 0.5) is 0 Å². The van der Waals surface area contributed by atoms with Crippen LogP contribution in [0.5, 0.6) is 0 Å². The first-order chi connectivity index (χ1) is 27.9. The number of rotatable bonds is 14. The summed E-state index contributed by atoms with van der Waals surface area (Å²) in [6.45, 7) is 4.25. The van der Waals surface area contributed by atoms with Crippen molar-refractivity contribution in [1.29, 1.82) is 0 Å². The normalized spacial score (nSPS) is 21.0. The van der Waals surface area contributed by atoms with Gasteiger partial charge in [-0.1, -0.05) is 97.1 Å². The van der Waals surface area contributed by atoms with Gasteiger partial charge in [-0.3, -0.25) is 19.4 Å². The third kappa shape index (κ3) is 10.9. The van der Waals surface area contributed by atoms with Crippen molar-refractivity contribution in [2.75, 3.05) is 52.6 Å². The van der Waals surface area contributed by atoms with Gasteiger partial charge in [0.15, 0.2) is 0 Å². The molecule has 2 fully saturated rings. The number of nitrogens with zero attached hydrogens (tertiary/aromatic N) is 4. The summed E-state index contributed by atoms with van der Waals surface area (Å²) in [4.78, 5) is 29.8. The minimum absolute atomic E-state index is 0.0988. The van der Waals surface area contributed by atoms with E-state index in [-0.39, 0.29) is 81.0 Å². The lowest BCUT2D eigenvalue weighted by atomic mass is 10.1. The quantitative estimate of drug-likeness (QED) is 0.178. The van der Waals surface area contributed by atoms with E-state index in [1.807, 2.05) is 65.6 Å². The second-order valence-electron chi connectivity index (χ2n) is 13.8. The van der Waals surface area contributed by atoms with E-state index in [0.717, 1.165) is 11.1 Å². The minimum atomic E-state index is -3.93. The van der Waals surface area contributed by atoms with Crippen molar-refractivity contribution >= 4 is 32.0 Å². The third-order valence-corrected chi connectivity index (χ3v) is 13.7. The maximum Gasteiger partial charge on any atom is 0.324 e. The van der Waals surface area contributed by atoms with Crippen LogP contribution >= 0.6 is 0 Å². The Kier molecular flexibility index (Phi) is 16.1. The lowest BCUT2D eigenvalue weighted by Gasteiger charge is -2.45. The molecule has 0 saturated carbocycles. The Morgan fingerprint density at radius 3 is 1.21 bits per heavy atom. The number of carbonyl (C=O) groups excluding carboxylic acids is 2. The smallest absolute Gasteiger partial charge is 0.324 e. The van der Waals surface area contributed by atoms with Crippen LogP contribution in [0, 0.1) is 0 Å². The van der Waals surface area contributed by atoms with Gasteiger partial charge in [-0.2, -0.15) is 8.61 Å². The van der Waals surface area contributed by atoms with Crippen LogP contribution in [-0.4, -0.2) is 134 Å². The summed E-state index contributed by atoms with van der Waals surface area (Å²) in [7, 11) is -7.59. The van der Waals surface area contributed by atoms with Gasteiger partial charge in [0, 0.05) is 51.4 Å². The van der Waals surface area contributed by atoms with E-state index in [4.69, 9.17) is 9.47 Å². The lowest BCUT2D eigenvalue weighted by Crippen LogP contribution is -2.64. The van der Waals surface area contributed by atoms with Crippen LogP contribution in [0.3, 0.4) is 0 Å². The van der Waals surface area contributed by atoms with E-state index < -0.39 is 44.1 Å². The molecule has 2 aliphatic rings. The molecule has 14 nitrogen and oxygen atoms in total. The van der Waals surface area contributed by atoms with Gasteiger partial charge in [0.25, 0.3) is 0 Å². The molecule has 2 saturated heterocycles. The molecule has 0 bridgehead atoms. The molecule has 2 heterocycles. The molecule has 0 spiro atoms. The maximum atomic E-state index is 13.3. The Hall–Kier alpha value is -4.52. The number of hydrogen-bond donors (Lipinski definition) is 2. The van der Waals surface area contributed by atoms with Crippen molar-refractivity contribution in [1.82, 2.24) is 18.4 Å². The zero-order chi connectivity index (χ0) is 41.7. The van der Waals surface area contributed by atoms with E-state index >= 15 is 0 Å². The molecule has 2 aliphatic heterocycles. The number of hydrogen-bond acceptors (Lipinski definition) is 12. The highest BCUT2D eigenvalue weighted by Crippen LogP contribution is 2.27. The molecule has 312 valence electrons. The van der Waals surface area contributed by atoms with Crippen LogP contribution < -0.4 is 0 Å². The predicted molar refractivity (Wildman–Crippen MR) is 217 cm³/mol. The highest BCUT2D eigenvalue weighted by Gasteiger charge is 2.47. The molecule has 4 atom stereocenters. The summed E-state index contributed by atoms with van der Waals surface area (Å²) in [5, 5.41) is 19.7. The zero-order valence-corrected chi connectivity index (χ0v) is 34.3. The predicted octanol–water partition coefficient (Wildman–Crippen LogP) is 2.97. The van der Waals surface area contributed by atoms with Crippen LogP contribution in [0.1, 0.15) is 25.0 Å². The first-order valence-electron chi connectivity index (χ1n) is 19.2. The first-order valence-corrected chi connectivity index (χ1v) is 22.1. The largest absolute Gasteiger partial charge is 0.465 e. The summed E-state index contributed by atoms with van der Waals surface area (Å²) in [5.41, 5.74) is 1.94. The Balaban J connectivity index is 0.000000226. The monoisotopic (exact) mass is 836 g/mol. The molecular weight excluding hydrogens is 785 g/mol. The van der Waals surface area contributed by atoms with Gasteiger partial charge in [-0.15, -0.1) is 0 Å². The summed E-state index contributed by atoms with van der Waals surface area (Å²) in [6.07, 6.45) is 0. The number of carbonyl (C=O) groups is 2. The first kappa shape index (κ1) is 44.6. The fourth-order valence-electron chi connectivity index (χ4n) is 7.10. The van der Waals surface area contributed by atoms with Gasteiger partial charge < -0.3 is 19.7 Å². The average Bonchev–Trinajstić information content (AvgIpc) is 3.25. The molecule has 0 radical (unpaired) electrons. The van der Waals surface area contributed by atoms with Crippen molar-refractivity contribution in [3.8, 4) is 0 Å².